The summed E-state index contributed by atoms with van der Waals surface area (Å²) in [6.07, 6.45) is 0.999. The summed E-state index contributed by atoms with van der Waals surface area (Å²) >= 11 is 1.40. The van der Waals surface area contributed by atoms with E-state index in [1.54, 1.807) is 0 Å². The molecular weight excluding hydrogens is 408 g/mol. The lowest BCUT2D eigenvalue weighted by Crippen LogP contribution is -2.15. The van der Waals surface area contributed by atoms with Crippen LogP contribution in [0.15, 0.2) is 53.7 Å². The van der Waals surface area contributed by atoms with Gasteiger partial charge in [0, 0.05) is 12.2 Å². The summed E-state index contributed by atoms with van der Waals surface area (Å²) < 4.78 is 7.94. The van der Waals surface area contributed by atoms with Crippen LogP contribution in [-0.2, 0) is 17.9 Å². The van der Waals surface area contributed by atoms with Crippen molar-refractivity contribution in [2.45, 2.75) is 52.4 Å². The van der Waals surface area contributed by atoms with Crippen molar-refractivity contribution in [1.82, 2.24) is 14.8 Å². The second kappa shape index (κ2) is 11.0. The van der Waals surface area contributed by atoms with Crippen LogP contribution in [0.2, 0.25) is 0 Å². The van der Waals surface area contributed by atoms with Gasteiger partial charge in [0.1, 0.15) is 12.4 Å². The van der Waals surface area contributed by atoms with E-state index in [0.29, 0.717) is 12.5 Å². The van der Waals surface area contributed by atoms with Gasteiger partial charge < -0.3 is 14.6 Å². The average Bonchev–Trinajstić information content (AvgIpc) is 3.11. The molecule has 3 rings (SSSR count). The smallest absolute Gasteiger partial charge is 0.234 e. The molecular formula is C24H30N4O2S. The van der Waals surface area contributed by atoms with Gasteiger partial charge in [-0.25, -0.2) is 0 Å². The Morgan fingerprint density at radius 3 is 2.48 bits per heavy atom. The molecule has 1 heterocycles. The maximum Gasteiger partial charge on any atom is 0.234 e. The quantitative estimate of drug-likeness (QED) is 0.438. The molecule has 0 fully saturated rings. The Morgan fingerprint density at radius 1 is 1.10 bits per heavy atom. The van der Waals surface area contributed by atoms with E-state index in [9.17, 15) is 4.79 Å². The van der Waals surface area contributed by atoms with Gasteiger partial charge >= 0.3 is 0 Å². The molecule has 0 aliphatic carbocycles. The minimum Gasteiger partial charge on any atom is -0.486 e. The van der Waals surface area contributed by atoms with Crippen molar-refractivity contribution in [1.29, 1.82) is 0 Å². The Kier molecular flexibility index (Phi) is 8.12. The SMILES string of the molecule is Cc1cc(C)cc(NC(=O)CSc2nnc(COc3ccccc3)n2CCC(C)C)c1. The molecule has 0 aliphatic rings. The van der Waals surface area contributed by atoms with Crippen molar-refractivity contribution < 1.29 is 9.53 Å². The van der Waals surface area contributed by atoms with Gasteiger partial charge in [0.25, 0.3) is 0 Å². The van der Waals surface area contributed by atoms with Crippen molar-refractivity contribution in [3.8, 4) is 5.75 Å². The molecule has 6 nitrogen and oxygen atoms in total. The zero-order chi connectivity index (χ0) is 22.2. The number of rotatable bonds is 10. The Labute approximate surface area is 188 Å². The molecule has 0 aliphatic heterocycles. The summed E-state index contributed by atoms with van der Waals surface area (Å²) in [7, 11) is 0. The maximum atomic E-state index is 12.5. The average molecular weight is 439 g/mol. The van der Waals surface area contributed by atoms with Crippen LogP contribution in [0.25, 0.3) is 0 Å². The molecule has 7 heteroatoms. The highest BCUT2D eigenvalue weighted by Crippen LogP contribution is 2.21. The van der Waals surface area contributed by atoms with Crippen molar-refractivity contribution in [3.63, 3.8) is 0 Å². The summed E-state index contributed by atoms with van der Waals surface area (Å²) in [5.74, 6) is 2.32. The third-order valence-electron chi connectivity index (χ3n) is 4.67. The summed E-state index contributed by atoms with van der Waals surface area (Å²) in [6.45, 7) is 9.55. The lowest BCUT2D eigenvalue weighted by atomic mass is 10.1. The largest absolute Gasteiger partial charge is 0.486 e. The Bertz CT molecular complexity index is 982. The minimum absolute atomic E-state index is 0.0597. The molecule has 2 aromatic carbocycles. The van der Waals surface area contributed by atoms with Gasteiger partial charge in [-0.1, -0.05) is 49.9 Å². The van der Waals surface area contributed by atoms with E-state index in [2.05, 4.69) is 40.0 Å². The Morgan fingerprint density at radius 2 is 1.81 bits per heavy atom. The van der Waals surface area contributed by atoms with Crippen LogP contribution < -0.4 is 10.1 Å². The van der Waals surface area contributed by atoms with E-state index >= 15 is 0 Å². The third kappa shape index (κ3) is 7.14. The zero-order valence-electron chi connectivity index (χ0n) is 18.6. The van der Waals surface area contributed by atoms with Crippen molar-refractivity contribution in [3.05, 3.63) is 65.5 Å². The summed E-state index contributed by atoms with van der Waals surface area (Å²) in [4.78, 5) is 12.5. The lowest BCUT2D eigenvalue weighted by Gasteiger charge is -2.12. The molecule has 3 aromatic rings. The molecule has 0 saturated heterocycles. The molecule has 0 bridgehead atoms. The van der Waals surface area contributed by atoms with Crippen molar-refractivity contribution >= 4 is 23.4 Å². The van der Waals surface area contributed by atoms with E-state index in [1.807, 2.05) is 56.3 Å². The van der Waals surface area contributed by atoms with Crippen LogP contribution in [0.4, 0.5) is 5.69 Å². The van der Waals surface area contributed by atoms with Crippen LogP contribution in [0.1, 0.15) is 37.2 Å². The number of hydrogen-bond acceptors (Lipinski definition) is 5. The third-order valence-corrected chi connectivity index (χ3v) is 5.64. The Hall–Kier alpha value is -2.80. The number of carbonyl (C=O) groups excluding carboxylic acids is 1. The number of thioether (sulfide) groups is 1. The minimum atomic E-state index is -0.0597. The molecule has 0 radical (unpaired) electrons. The lowest BCUT2D eigenvalue weighted by molar-refractivity contribution is -0.113. The molecule has 1 amide bonds. The molecule has 164 valence electrons. The summed E-state index contributed by atoms with van der Waals surface area (Å²) in [5, 5.41) is 12.4. The predicted octanol–water partition coefficient (Wildman–Crippen LogP) is 5.25. The highest BCUT2D eigenvalue weighted by molar-refractivity contribution is 7.99. The molecule has 1 N–H and O–H groups in total. The van der Waals surface area contributed by atoms with E-state index in [4.69, 9.17) is 4.74 Å². The fourth-order valence-electron chi connectivity index (χ4n) is 3.18. The number of anilines is 1. The first kappa shape index (κ1) is 22.9. The van der Waals surface area contributed by atoms with Crippen LogP contribution in [-0.4, -0.2) is 26.4 Å². The van der Waals surface area contributed by atoms with Crippen molar-refractivity contribution in [2.75, 3.05) is 11.1 Å². The van der Waals surface area contributed by atoms with E-state index < -0.39 is 0 Å². The van der Waals surface area contributed by atoms with Crippen LogP contribution >= 0.6 is 11.8 Å². The van der Waals surface area contributed by atoms with E-state index in [-0.39, 0.29) is 11.7 Å². The standard InChI is InChI=1S/C24H30N4O2S/c1-17(2)10-11-28-22(15-30-21-8-6-5-7-9-21)26-27-24(28)31-16-23(29)25-20-13-18(3)12-19(4)14-20/h5-9,12-14,17H,10-11,15-16H2,1-4H3,(H,25,29). The molecule has 0 unspecified atom stereocenters. The first-order valence-corrected chi connectivity index (χ1v) is 11.5. The van der Waals surface area contributed by atoms with Gasteiger partial charge in [-0.2, -0.15) is 0 Å². The Balaban J connectivity index is 1.64. The number of para-hydroxylation sites is 1. The number of amides is 1. The topological polar surface area (TPSA) is 69.0 Å². The normalized spacial score (nSPS) is 11.0. The number of nitrogens with zero attached hydrogens (tertiary/aromatic N) is 3. The molecule has 1 aromatic heterocycles. The molecule has 0 saturated carbocycles. The zero-order valence-corrected chi connectivity index (χ0v) is 19.4. The number of carbonyl (C=O) groups is 1. The van der Waals surface area contributed by atoms with Gasteiger partial charge in [0.15, 0.2) is 11.0 Å². The van der Waals surface area contributed by atoms with E-state index in [0.717, 1.165) is 46.5 Å². The van der Waals surface area contributed by atoms with Crippen molar-refractivity contribution in [2.24, 2.45) is 5.92 Å². The van der Waals surface area contributed by atoms with Crippen LogP contribution in [0.5, 0.6) is 5.75 Å². The highest BCUT2D eigenvalue weighted by Gasteiger charge is 2.15. The van der Waals surface area contributed by atoms with Gasteiger partial charge in [-0.15, -0.1) is 10.2 Å². The van der Waals surface area contributed by atoms with E-state index in [1.165, 1.54) is 11.8 Å². The summed E-state index contributed by atoms with van der Waals surface area (Å²) in [5.41, 5.74) is 3.07. The van der Waals surface area contributed by atoms with Gasteiger partial charge in [0.2, 0.25) is 5.91 Å². The van der Waals surface area contributed by atoms with Gasteiger partial charge in [0.05, 0.1) is 5.75 Å². The molecule has 0 atom stereocenters. The summed E-state index contributed by atoms with van der Waals surface area (Å²) in [6, 6.07) is 15.7. The number of nitrogens with one attached hydrogen (secondary N) is 1. The van der Waals surface area contributed by atoms with Gasteiger partial charge in [-0.05, 0) is 61.6 Å². The molecule has 0 spiro atoms. The highest BCUT2D eigenvalue weighted by atomic mass is 32.2. The number of benzene rings is 2. The molecule has 31 heavy (non-hydrogen) atoms. The first-order valence-electron chi connectivity index (χ1n) is 10.5. The fraction of sp³-hybridized carbons (Fsp3) is 0.375. The first-order chi connectivity index (χ1) is 14.9. The number of aryl methyl sites for hydroxylation is 2. The van der Waals surface area contributed by atoms with Crippen LogP contribution in [0, 0.1) is 19.8 Å². The number of aromatic nitrogens is 3. The second-order valence-electron chi connectivity index (χ2n) is 8.05. The number of ether oxygens (including phenoxy) is 1. The fourth-order valence-corrected chi connectivity index (χ4v) is 3.97. The maximum absolute atomic E-state index is 12.5. The number of hydrogen-bond donors (Lipinski definition) is 1. The second-order valence-corrected chi connectivity index (χ2v) is 8.99. The van der Waals surface area contributed by atoms with Crippen LogP contribution in [0.3, 0.4) is 0 Å². The monoisotopic (exact) mass is 438 g/mol. The predicted molar refractivity (Wildman–Crippen MR) is 126 cm³/mol. The van der Waals surface area contributed by atoms with Gasteiger partial charge in [-0.3, -0.25) is 4.79 Å².